The smallest absolute Gasteiger partial charge is 0.306 e. The van der Waals surface area contributed by atoms with Crippen LogP contribution < -0.4 is 0 Å². The number of carbonyl (C=O) groups excluding carboxylic acids is 3. The van der Waals surface area contributed by atoms with Crippen LogP contribution in [0.4, 0.5) is 0 Å². The predicted octanol–water partition coefficient (Wildman–Crippen LogP) is 25.0. The minimum absolute atomic E-state index is 0.0758. The zero-order chi connectivity index (χ0) is 59.9. The summed E-state index contributed by atoms with van der Waals surface area (Å²) in [5, 5.41) is 0. The first-order valence-corrected chi connectivity index (χ1v) is 36.1. The second-order valence-corrected chi connectivity index (χ2v) is 24.1. The summed E-state index contributed by atoms with van der Waals surface area (Å²) in [5.41, 5.74) is 0. The molecule has 1 unspecified atom stereocenters. The van der Waals surface area contributed by atoms with Gasteiger partial charge in [-0.1, -0.05) is 324 Å². The molecule has 83 heavy (non-hydrogen) atoms. The lowest BCUT2D eigenvalue weighted by atomic mass is 10.0. The largest absolute Gasteiger partial charge is 0.462 e. The van der Waals surface area contributed by atoms with Crippen molar-refractivity contribution in [1.82, 2.24) is 0 Å². The van der Waals surface area contributed by atoms with Gasteiger partial charge < -0.3 is 14.2 Å². The van der Waals surface area contributed by atoms with E-state index < -0.39 is 6.10 Å². The number of hydrogen-bond donors (Lipinski definition) is 0. The number of unbranched alkanes of at least 4 members (excludes halogenated alkanes) is 41. The van der Waals surface area contributed by atoms with Crippen molar-refractivity contribution in [3.05, 3.63) is 85.1 Å². The van der Waals surface area contributed by atoms with Crippen LogP contribution in [0.5, 0.6) is 0 Å². The van der Waals surface area contributed by atoms with Crippen molar-refractivity contribution >= 4 is 17.9 Å². The molecule has 0 aromatic rings. The van der Waals surface area contributed by atoms with Gasteiger partial charge in [0.05, 0.1) is 0 Å². The molecule has 0 aliphatic heterocycles. The van der Waals surface area contributed by atoms with E-state index in [-0.39, 0.29) is 31.1 Å². The highest BCUT2D eigenvalue weighted by Gasteiger charge is 2.19. The van der Waals surface area contributed by atoms with E-state index in [1.165, 1.54) is 231 Å². The number of esters is 3. The van der Waals surface area contributed by atoms with Gasteiger partial charge in [0.2, 0.25) is 0 Å². The van der Waals surface area contributed by atoms with Crippen molar-refractivity contribution in [3.8, 4) is 0 Å². The van der Waals surface area contributed by atoms with Gasteiger partial charge in [-0.2, -0.15) is 0 Å². The molecule has 0 spiro atoms. The molecular weight excluding hydrogens is 1020 g/mol. The lowest BCUT2D eigenvalue weighted by Gasteiger charge is -2.18. The molecule has 6 nitrogen and oxygen atoms in total. The first-order chi connectivity index (χ1) is 41.0. The van der Waals surface area contributed by atoms with Crippen molar-refractivity contribution in [1.29, 1.82) is 0 Å². The molecule has 0 aliphatic carbocycles. The first kappa shape index (κ1) is 79.6. The maximum atomic E-state index is 12.9. The van der Waals surface area contributed by atoms with Crippen molar-refractivity contribution < 1.29 is 28.6 Å². The summed E-state index contributed by atoms with van der Waals surface area (Å²) in [5.74, 6) is -0.869. The highest BCUT2D eigenvalue weighted by molar-refractivity contribution is 5.71. The first-order valence-electron chi connectivity index (χ1n) is 36.1. The third kappa shape index (κ3) is 69.3. The summed E-state index contributed by atoms with van der Waals surface area (Å²) >= 11 is 0. The highest BCUT2D eigenvalue weighted by atomic mass is 16.6. The van der Waals surface area contributed by atoms with Gasteiger partial charge >= 0.3 is 17.9 Å². The van der Waals surface area contributed by atoms with E-state index in [0.717, 1.165) is 96.3 Å². The zero-order valence-corrected chi connectivity index (χ0v) is 55.2. The molecule has 0 heterocycles. The second-order valence-electron chi connectivity index (χ2n) is 24.1. The van der Waals surface area contributed by atoms with Gasteiger partial charge in [0.1, 0.15) is 13.2 Å². The lowest BCUT2D eigenvalue weighted by molar-refractivity contribution is -0.167. The van der Waals surface area contributed by atoms with Gasteiger partial charge in [-0.3, -0.25) is 14.4 Å². The second kappa shape index (κ2) is 71.1. The van der Waals surface area contributed by atoms with Gasteiger partial charge in [-0.15, -0.1) is 0 Å². The van der Waals surface area contributed by atoms with E-state index in [9.17, 15) is 14.4 Å². The van der Waals surface area contributed by atoms with Crippen molar-refractivity contribution in [3.63, 3.8) is 0 Å². The van der Waals surface area contributed by atoms with E-state index in [1.54, 1.807) is 0 Å². The fraction of sp³-hybridized carbons (Fsp3) is 0.779. The lowest BCUT2D eigenvalue weighted by Crippen LogP contribution is -2.30. The normalized spacial score (nSPS) is 12.6. The van der Waals surface area contributed by atoms with Crippen molar-refractivity contribution in [2.75, 3.05) is 13.2 Å². The van der Waals surface area contributed by atoms with Gasteiger partial charge in [-0.05, 0) is 109 Å². The van der Waals surface area contributed by atoms with E-state index in [4.69, 9.17) is 14.2 Å². The molecule has 0 bridgehead atoms. The molecule has 0 radical (unpaired) electrons. The SMILES string of the molecule is CC/C=C\C/C=C\C/C=C\C/C=C\CCCCCCCCCCCCCCCCCCCCC(=O)OCC(COC(=O)CCCCCCC/C=C\CCCC)OC(=O)CCCCCCCCCCCCC/C=C\C/C=C\CCCCCCC. The Morgan fingerprint density at radius 1 is 0.253 bits per heavy atom. The number of hydrogen-bond acceptors (Lipinski definition) is 6. The molecule has 0 N–H and O–H groups in total. The van der Waals surface area contributed by atoms with Gasteiger partial charge in [0, 0.05) is 19.3 Å². The minimum Gasteiger partial charge on any atom is -0.462 e. The topological polar surface area (TPSA) is 78.9 Å². The van der Waals surface area contributed by atoms with Crippen LogP contribution in [0.2, 0.25) is 0 Å². The third-order valence-electron chi connectivity index (χ3n) is 15.9. The molecule has 0 aromatic heterocycles. The van der Waals surface area contributed by atoms with Gasteiger partial charge in [0.25, 0.3) is 0 Å². The van der Waals surface area contributed by atoms with Crippen molar-refractivity contribution in [2.45, 2.75) is 374 Å². The summed E-state index contributed by atoms with van der Waals surface area (Å²) in [4.78, 5) is 38.4. The summed E-state index contributed by atoms with van der Waals surface area (Å²) in [6.45, 7) is 6.52. The maximum absolute atomic E-state index is 12.9. The summed E-state index contributed by atoms with van der Waals surface area (Å²) in [6.07, 6.45) is 94.8. The Morgan fingerprint density at radius 2 is 0.482 bits per heavy atom. The molecule has 0 saturated carbocycles. The molecule has 0 saturated heterocycles. The Kier molecular flexibility index (Phi) is 68.2. The van der Waals surface area contributed by atoms with E-state index in [1.807, 2.05) is 0 Å². The van der Waals surface area contributed by atoms with E-state index in [2.05, 4.69) is 106 Å². The Labute approximate surface area is 515 Å². The third-order valence-corrected chi connectivity index (χ3v) is 15.9. The predicted molar refractivity (Wildman–Crippen MR) is 362 cm³/mol. The molecule has 0 aromatic carbocycles. The van der Waals surface area contributed by atoms with Crippen LogP contribution in [0.25, 0.3) is 0 Å². The molecule has 0 fully saturated rings. The minimum atomic E-state index is -0.780. The fourth-order valence-electron chi connectivity index (χ4n) is 10.4. The van der Waals surface area contributed by atoms with E-state index >= 15 is 0 Å². The standard InChI is InChI=1S/C77H136O6/c1-4-7-10-13-16-19-22-24-26-28-30-32-34-35-36-37-38-39-40-41-43-44-46-48-50-52-55-58-61-64-67-70-76(79)82-73-74(72-81-75(78)69-66-63-60-57-54-21-18-15-12-9-6-3)83-77(80)71-68-65-62-59-56-53-51-49-47-45-42-33-31-29-27-25-23-20-17-14-11-8-5-2/h7,10,15-16,18-19,23-26,29-32,74H,4-6,8-9,11-14,17,20-22,27-28,33-73H2,1-3H3/b10-7-,18-15-,19-16-,25-23-,26-24-,31-29-,32-30-. The summed E-state index contributed by atoms with van der Waals surface area (Å²) in [7, 11) is 0. The number of ether oxygens (including phenoxy) is 3. The number of carbonyl (C=O) groups is 3. The molecule has 1 atom stereocenters. The Morgan fingerprint density at radius 3 is 0.783 bits per heavy atom. The van der Waals surface area contributed by atoms with Crippen molar-refractivity contribution in [2.24, 2.45) is 0 Å². The Balaban J connectivity index is 4.16. The average Bonchev–Trinajstić information content (AvgIpc) is 3.48. The van der Waals surface area contributed by atoms with Crippen LogP contribution in [0.1, 0.15) is 367 Å². The van der Waals surface area contributed by atoms with Gasteiger partial charge in [0.15, 0.2) is 6.10 Å². The fourth-order valence-corrected chi connectivity index (χ4v) is 10.4. The van der Waals surface area contributed by atoms with Crippen LogP contribution in [0.3, 0.4) is 0 Å². The molecule has 480 valence electrons. The molecule has 0 amide bonds. The molecule has 6 heteroatoms. The summed E-state index contributed by atoms with van der Waals surface area (Å²) < 4.78 is 17.0. The van der Waals surface area contributed by atoms with Crippen LogP contribution >= 0.6 is 0 Å². The quantitative estimate of drug-likeness (QED) is 0.0261. The Hall–Kier alpha value is -3.41. The van der Waals surface area contributed by atoms with Crippen LogP contribution in [0, 0.1) is 0 Å². The Bertz CT molecular complexity index is 1570. The monoisotopic (exact) mass is 1160 g/mol. The number of rotatable bonds is 66. The van der Waals surface area contributed by atoms with Crippen LogP contribution in [-0.4, -0.2) is 37.2 Å². The maximum Gasteiger partial charge on any atom is 0.306 e. The highest BCUT2D eigenvalue weighted by Crippen LogP contribution is 2.18. The van der Waals surface area contributed by atoms with Crippen LogP contribution in [-0.2, 0) is 28.6 Å². The molecular formula is C77H136O6. The molecule has 0 rings (SSSR count). The van der Waals surface area contributed by atoms with Crippen LogP contribution in [0.15, 0.2) is 85.1 Å². The van der Waals surface area contributed by atoms with E-state index in [0.29, 0.717) is 19.3 Å². The summed E-state index contributed by atoms with van der Waals surface area (Å²) in [6, 6.07) is 0. The van der Waals surface area contributed by atoms with Gasteiger partial charge in [-0.25, -0.2) is 0 Å². The zero-order valence-electron chi connectivity index (χ0n) is 55.2. The average molecular weight is 1160 g/mol. The number of allylic oxidation sites excluding steroid dienone is 14. The molecule has 0 aliphatic rings.